The third kappa shape index (κ3) is 4.38. The number of likely N-dealkylation sites (tertiary alicyclic amines) is 1. The fraction of sp³-hybridized carbons (Fsp3) is 0.240. The van der Waals surface area contributed by atoms with E-state index in [-0.39, 0.29) is 17.6 Å². The Morgan fingerprint density at radius 1 is 1.00 bits per heavy atom. The highest BCUT2D eigenvalue weighted by Gasteiger charge is 2.26. The number of anilines is 1. The average molecular weight is 430 g/mol. The number of carbonyl (C=O) groups excluding carboxylic acids is 1. The molecule has 1 amide bonds. The third-order valence-corrected chi connectivity index (χ3v) is 5.90. The molecule has 0 atom stereocenters. The van der Waals surface area contributed by atoms with E-state index in [1.54, 1.807) is 12.1 Å². The molecule has 32 heavy (non-hydrogen) atoms. The molecule has 1 saturated heterocycles. The van der Waals surface area contributed by atoms with E-state index < -0.39 is 0 Å². The molecule has 0 unspecified atom stereocenters. The molecular weight excluding hydrogens is 407 g/mol. The van der Waals surface area contributed by atoms with E-state index in [1.165, 1.54) is 12.1 Å². The number of hydrogen-bond donors (Lipinski definition) is 1. The Kier molecular flexibility index (Phi) is 5.64. The maximum absolute atomic E-state index is 13.1. The highest BCUT2D eigenvalue weighted by Crippen LogP contribution is 2.29. The van der Waals surface area contributed by atoms with Gasteiger partial charge in [0.25, 0.3) is 0 Å². The molecule has 2 heterocycles. The van der Waals surface area contributed by atoms with Crippen molar-refractivity contribution in [3.63, 3.8) is 0 Å². The zero-order chi connectivity index (χ0) is 21.9. The molecule has 7 heteroatoms. The Hall–Kier alpha value is -3.58. The normalized spacial score (nSPS) is 15.2. The highest BCUT2D eigenvalue weighted by atomic mass is 19.1. The molecule has 1 aromatic heterocycles. The smallest absolute Gasteiger partial charge is 0.247 e. The molecule has 1 N–H and O–H groups in total. The first-order valence-electron chi connectivity index (χ1n) is 10.7. The first kappa shape index (κ1) is 20.3. The monoisotopic (exact) mass is 430 g/mol. The minimum Gasteiger partial charge on any atom is -0.420 e. The van der Waals surface area contributed by atoms with Gasteiger partial charge >= 0.3 is 0 Å². The molecule has 4 aromatic rings. The second-order valence-corrected chi connectivity index (χ2v) is 8.08. The third-order valence-electron chi connectivity index (χ3n) is 5.90. The Morgan fingerprint density at radius 3 is 2.56 bits per heavy atom. The van der Waals surface area contributed by atoms with Crippen molar-refractivity contribution in [1.82, 2.24) is 15.1 Å². The summed E-state index contributed by atoms with van der Waals surface area (Å²) in [5, 5.41) is 13.5. The molecule has 0 bridgehead atoms. The van der Waals surface area contributed by atoms with E-state index in [0.29, 0.717) is 23.9 Å². The Labute approximate surface area is 185 Å². The van der Waals surface area contributed by atoms with Crippen LogP contribution in [0.3, 0.4) is 0 Å². The van der Waals surface area contributed by atoms with Crippen molar-refractivity contribution in [3.05, 3.63) is 78.4 Å². The van der Waals surface area contributed by atoms with Gasteiger partial charge in [0.05, 0.1) is 6.54 Å². The standard InChI is InChI=1S/C25H23FN4O2/c26-20-10-8-18(9-11-20)24-28-29-25(32-24)19-12-14-30(15-13-19)16-23(31)27-22-7-3-5-17-4-1-2-6-21(17)22/h1-11,19H,12-16H2,(H,27,31). The first-order chi connectivity index (χ1) is 15.7. The van der Waals surface area contributed by atoms with Crippen LogP contribution in [-0.2, 0) is 4.79 Å². The molecule has 0 aliphatic carbocycles. The summed E-state index contributed by atoms with van der Waals surface area (Å²) in [7, 11) is 0. The number of carbonyl (C=O) groups is 1. The zero-order valence-corrected chi connectivity index (χ0v) is 17.5. The first-order valence-corrected chi connectivity index (χ1v) is 10.7. The number of amides is 1. The summed E-state index contributed by atoms with van der Waals surface area (Å²) in [6.45, 7) is 1.91. The van der Waals surface area contributed by atoms with Gasteiger partial charge in [0, 0.05) is 22.6 Å². The van der Waals surface area contributed by atoms with E-state index in [2.05, 4.69) is 20.4 Å². The summed E-state index contributed by atoms with van der Waals surface area (Å²) >= 11 is 0. The van der Waals surface area contributed by atoms with Crippen LogP contribution in [0.4, 0.5) is 10.1 Å². The van der Waals surface area contributed by atoms with Crippen LogP contribution in [0.2, 0.25) is 0 Å². The number of benzene rings is 3. The van der Waals surface area contributed by atoms with Crippen molar-refractivity contribution in [2.45, 2.75) is 18.8 Å². The summed E-state index contributed by atoms with van der Waals surface area (Å²) in [6, 6.07) is 19.9. The van der Waals surface area contributed by atoms with Gasteiger partial charge in [-0.05, 0) is 61.6 Å². The van der Waals surface area contributed by atoms with Gasteiger partial charge in [0.2, 0.25) is 17.7 Å². The summed E-state index contributed by atoms with van der Waals surface area (Å²) in [5.41, 5.74) is 1.54. The van der Waals surface area contributed by atoms with Crippen LogP contribution >= 0.6 is 0 Å². The van der Waals surface area contributed by atoms with E-state index in [9.17, 15) is 9.18 Å². The van der Waals surface area contributed by atoms with Crippen molar-refractivity contribution in [3.8, 4) is 11.5 Å². The van der Waals surface area contributed by atoms with Crippen LogP contribution in [0.25, 0.3) is 22.2 Å². The lowest BCUT2D eigenvalue weighted by Gasteiger charge is -2.29. The largest absolute Gasteiger partial charge is 0.420 e. The topological polar surface area (TPSA) is 71.3 Å². The highest BCUT2D eigenvalue weighted by molar-refractivity contribution is 6.02. The van der Waals surface area contributed by atoms with Crippen LogP contribution in [0.5, 0.6) is 0 Å². The summed E-state index contributed by atoms with van der Waals surface area (Å²) in [6.07, 6.45) is 1.68. The van der Waals surface area contributed by atoms with Gasteiger partial charge < -0.3 is 9.73 Å². The number of rotatable bonds is 5. The molecule has 6 nitrogen and oxygen atoms in total. The van der Waals surface area contributed by atoms with Gasteiger partial charge in [0.1, 0.15) is 5.82 Å². The molecule has 1 aliphatic rings. The number of nitrogens with zero attached hydrogens (tertiary/aromatic N) is 3. The Balaban J connectivity index is 1.16. The van der Waals surface area contributed by atoms with Crippen molar-refractivity contribution in [1.29, 1.82) is 0 Å². The second kappa shape index (κ2) is 8.88. The van der Waals surface area contributed by atoms with E-state index in [1.807, 2.05) is 42.5 Å². The van der Waals surface area contributed by atoms with Crippen molar-refractivity contribution >= 4 is 22.4 Å². The lowest BCUT2D eigenvalue weighted by Crippen LogP contribution is -2.38. The predicted octanol–water partition coefficient (Wildman–Crippen LogP) is 4.85. The quantitative estimate of drug-likeness (QED) is 0.490. The molecular formula is C25H23FN4O2. The van der Waals surface area contributed by atoms with Crippen LogP contribution in [0.15, 0.2) is 71.1 Å². The van der Waals surface area contributed by atoms with Gasteiger partial charge in [-0.25, -0.2) is 4.39 Å². The lowest BCUT2D eigenvalue weighted by molar-refractivity contribution is -0.117. The van der Waals surface area contributed by atoms with Crippen LogP contribution in [0.1, 0.15) is 24.7 Å². The van der Waals surface area contributed by atoms with Gasteiger partial charge in [-0.15, -0.1) is 10.2 Å². The predicted molar refractivity (Wildman–Crippen MR) is 121 cm³/mol. The summed E-state index contributed by atoms with van der Waals surface area (Å²) in [5.74, 6) is 0.844. The van der Waals surface area contributed by atoms with Gasteiger partial charge in [0.15, 0.2) is 0 Å². The SMILES string of the molecule is O=C(CN1CCC(c2nnc(-c3ccc(F)cc3)o2)CC1)Nc1cccc2ccccc12. The summed E-state index contributed by atoms with van der Waals surface area (Å²) in [4.78, 5) is 14.8. The fourth-order valence-electron chi connectivity index (χ4n) is 4.17. The zero-order valence-electron chi connectivity index (χ0n) is 17.5. The fourth-order valence-corrected chi connectivity index (χ4v) is 4.17. The number of hydrogen-bond acceptors (Lipinski definition) is 5. The van der Waals surface area contributed by atoms with E-state index in [4.69, 9.17) is 4.42 Å². The van der Waals surface area contributed by atoms with Gasteiger partial charge in [-0.2, -0.15) is 0 Å². The number of nitrogens with one attached hydrogen (secondary N) is 1. The van der Waals surface area contributed by atoms with Crippen molar-refractivity contribution in [2.24, 2.45) is 0 Å². The molecule has 0 spiro atoms. The molecule has 0 radical (unpaired) electrons. The maximum Gasteiger partial charge on any atom is 0.247 e. The lowest BCUT2D eigenvalue weighted by atomic mass is 9.97. The van der Waals surface area contributed by atoms with E-state index in [0.717, 1.165) is 42.4 Å². The van der Waals surface area contributed by atoms with E-state index >= 15 is 0 Å². The van der Waals surface area contributed by atoms with Crippen LogP contribution in [-0.4, -0.2) is 40.6 Å². The number of aromatic nitrogens is 2. The molecule has 162 valence electrons. The maximum atomic E-state index is 13.1. The minimum atomic E-state index is -0.301. The number of piperidine rings is 1. The number of halogens is 1. The Bertz CT molecular complexity index is 1220. The summed E-state index contributed by atoms with van der Waals surface area (Å²) < 4.78 is 19.0. The molecule has 3 aromatic carbocycles. The van der Waals surface area contributed by atoms with Crippen LogP contribution < -0.4 is 5.32 Å². The molecule has 5 rings (SSSR count). The molecule has 0 saturated carbocycles. The van der Waals surface area contributed by atoms with Crippen molar-refractivity contribution < 1.29 is 13.6 Å². The molecule has 1 aliphatic heterocycles. The van der Waals surface area contributed by atoms with Gasteiger partial charge in [-0.1, -0.05) is 36.4 Å². The Morgan fingerprint density at radius 2 is 1.75 bits per heavy atom. The van der Waals surface area contributed by atoms with Gasteiger partial charge in [-0.3, -0.25) is 9.69 Å². The van der Waals surface area contributed by atoms with Crippen molar-refractivity contribution in [2.75, 3.05) is 25.0 Å². The average Bonchev–Trinajstić information content (AvgIpc) is 3.31. The minimum absolute atomic E-state index is 0.0174. The molecule has 1 fully saturated rings. The second-order valence-electron chi connectivity index (χ2n) is 8.08. The van der Waals surface area contributed by atoms with Crippen LogP contribution in [0, 0.1) is 5.82 Å². The number of fused-ring (bicyclic) bond motifs is 1.